The van der Waals surface area contributed by atoms with E-state index in [9.17, 15) is 8.60 Å². The fraction of sp³-hybridized carbons (Fsp3) is 0.308. The van der Waals surface area contributed by atoms with Gasteiger partial charge >= 0.3 is 0 Å². The number of fused-ring (bicyclic) bond motifs is 1. The van der Waals surface area contributed by atoms with Crippen LogP contribution in [-0.2, 0) is 10.8 Å². The lowest BCUT2D eigenvalue weighted by Gasteiger charge is -2.11. The van der Waals surface area contributed by atoms with E-state index in [1.54, 1.807) is 6.07 Å². The van der Waals surface area contributed by atoms with Crippen LogP contribution in [0.3, 0.4) is 0 Å². The fourth-order valence-corrected chi connectivity index (χ4v) is 2.95. The molecule has 0 saturated heterocycles. The topological polar surface area (TPSA) is 71.6 Å². The Morgan fingerprint density at radius 3 is 2.90 bits per heavy atom. The summed E-state index contributed by atoms with van der Waals surface area (Å²) in [6, 6.07) is 11.0. The Labute approximate surface area is 117 Å². The highest BCUT2D eigenvalue weighted by molar-refractivity contribution is 7.85. The molecule has 102 valence electrons. The molecule has 2 aromatic rings. The quantitative estimate of drug-likeness (QED) is 0.865. The van der Waals surface area contributed by atoms with Crippen molar-refractivity contribution in [2.45, 2.75) is 23.8 Å². The molecule has 1 aromatic carbocycles. The summed E-state index contributed by atoms with van der Waals surface area (Å²) in [5.74, 6) is 0.0105. The van der Waals surface area contributed by atoms with Crippen molar-refractivity contribution in [3.8, 4) is 6.07 Å². The van der Waals surface area contributed by atoms with E-state index in [0.717, 1.165) is 5.56 Å². The van der Waals surface area contributed by atoms with Crippen LogP contribution in [0.1, 0.15) is 30.0 Å². The van der Waals surface area contributed by atoms with Crippen molar-refractivity contribution < 1.29 is 8.60 Å². The van der Waals surface area contributed by atoms with Crippen LogP contribution in [0.15, 0.2) is 35.5 Å². The summed E-state index contributed by atoms with van der Waals surface area (Å²) in [6.07, 6.45) is -0.939. The van der Waals surface area contributed by atoms with E-state index >= 15 is 0 Å². The zero-order valence-corrected chi connectivity index (χ0v) is 11.3. The molecule has 0 amide bonds. The number of nitriles is 1. The lowest BCUT2D eigenvalue weighted by atomic mass is 10.0. The van der Waals surface area contributed by atoms with E-state index in [0.29, 0.717) is 0 Å². The molecule has 1 aromatic heterocycles. The largest absolute Gasteiger partial charge is 0.250 e. The molecule has 0 N–H and O–H groups in total. The van der Waals surface area contributed by atoms with Gasteiger partial charge in [-0.25, -0.2) is 18.3 Å². The molecule has 5 nitrogen and oxygen atoms in total. The van der Waals surface area contributed by atoms with Crippen molar-refractivity contribution in [2.24, 2.45) is 0 Å². The molecule has 0 spiro atoms. The maximum absolute atomic E-state index is 14.0. The molecule has 7 heteroatoms. The molecular formula is C13H11FN4OS. The summed E-state index contributed by atoms with van der Waals surface area (Å²) < 4.78 is 27.2. The van der Waals surface area contributed by atoms with Gasteiger partial charge in [-0.15, -0.1) is 5.10 Å². The molecule has 1 aliphatic heterocycles. The smallest absolute Gasteiger partial charge is 0.240 e. The molecule has 2 heterocycles. The highest BCUT2D eigenvalue weighted by Gasteiger charge is 2.36. The SMILES string of the molecule is N#CC[S@](=O)c1nc2n(n1)[C@H](c1ccccc1)C[C@@H]2F. The molecule has 0 fully saturated rings. The second kappa shape index (κ2) is 5.13. The molecule has 0 aliphatic carbocycles. The lowest BCUT2D eigenvalue weighted by molar-refractivity contribution is 0.327. The molecular weight excluding hydrogens is 279 g/mol. The van der Waals surface area contributed by atoms with Crippen molar-refractivity contribution >= 4 is 10.8 Å². The second-order valence-corrected chi connectivity index (χ2v) is 5.82. The van der Waals surface area contributed by atoms with E-state index in [4.69, 9.17) is 5.26 Å². The minimum Gasteiger partial charge on any atom is -0.250 e. The lowest BCUT2D eigenvalue weighted by Crippen LogP contribution is -2.08. The van der Waals surface area contributed by atoms with Gasteiger partial charge < -0.3 is 0 Å². The molecule has 0 radical (unpaired) electrons. The number of nitrogens with zero attached hydrogens (tertiary/aromatic N) is 4. The van der Waals surface area contributed by atoms with Crippen LogP contribution in [0.5, 0.6) is 0 Å². The van der Waals surface area contributed by atoms with Crippen LogP contribution < -0.4 is 0 Å². The van der Waals surface area contributed by atoms with Crippen LogP contribution in [0.25, 0.3) is 0 Å². The minimum atomic E-state index is -1.60. The maximum atomic E-state index is 14.0. The third-order valence-electron chi connectivity index (χ3n) is 3.23. The maximum Gasteiger partial charge on any atom is 0.240 e. The van der Waals surface area contributed by atoms with Gasteiger partial charge in [0.05, 0.1) is 12.1 Å². The number of alkyl halides is 1. The Morgan fingerprint density at radius 2 is 2.20 bits per heavy atom. The minimum absolute atomic E-state index is 0.0323. The first-order chi connectivity index (χ1) is 9.70. The van der Waals surface area contributed by atoms with Gasteiger partial charge in [0.15, 0.2) is 12.0 Å². The van der Waals surface area contributed by atoms with Gasteiger partial charge in [-0.05, 0) is 5.56 Å². The highest BCUT2D eigenvalue weighted by atomic mass is 32.2. The van der Waals surface area contributed by atoms with Crippen LogP contribution in [0, 0.1) is 11.3 Å². The monoisotopic (exact) mass is 290 g/mol. The summed E-state index contributed by atoms with van der Waals surface area (Å²) >= 11 is 0. The predicted molar refractivity (Wildman–Crippen MR) is 70.0 cm³/mol. The summed E-state index contributed by atoms with van der Waals surface area (Å²) in [5.41, 5.74) is 0.941. The Kier molecular flexibility index (Phi) is 3.32. The van der Waals surface area contributed by atoms with Crippen molar-refractivity contribution in [1.82, 2.24) is 14.8 Å². The number of hydrogen-bond acceptors (Lipinski definition) is 4. The van der Waals surface area contributed by atoms with E-state index in [1.165, 1.54) is 4.68 Å². The number of hydrogen-bond donors (Lipinski definition) is 0. The number of rotatable bonds is 3. The zero-order valence-electron chi connectivity index (χ0n) is 10.4. The Balaban J connectivity index is 1.98. The summed E-state index contributed by atoms with van der Waals surface area (Å²) in [6.45, 7) is 0. The van der Waals surface area contributed by atoms with Crippen molar-refractivity contribution in [1.29, 1.82) is 5.26 Å². The number of benzene rings is 1. The van der Waals surface area contributed by atoms with Crippen LogP contribution in [0.2, 0.25) is 0 Å². The second-order valence-electron chi connectivity index (χ2n) is 4.47. The molecule has 1 aliphatic rings. The first-order valence-electron chi connectivity index (χ1n) is 6.11. The number of aromatic nitrogens is 3. The van der Waals surface area contributed by atoms with Gasteiger partial charge in [0, 0.05) is 6.42 Å². The third-order valence-corrected chi connectivity index (χ3v) is 4.20. The average molecular weight is 290 g/mol. The molecule has 3 rings (SSSR count). The van der Waals surface area contributed by atoms with Crippen LogP contribution in [-0.4, -0.2) is 24.7 Å². The molecule has 0 unspecified atom stereocenters. The van der Waals surface area contributed by atoms with Gasteiger partial charge in [-0.3, -0.25) is 0 Å². The molecule has 20 heavy (non-hydrogen) atoms. The van der Waals surface area contributed by atoms with Gasteiger partial charge in [-0.2, -0.15) is 5.26 Å². The fourth-order valence-electron chi connectivity index (χ4n) is 2.33. The van der Waals surface area contributed by atoms with Gasteiger partial charge in [0.2, 0.25) is 5.16 Å². The van der Waals surface area contributed by atoms with Gasteiger partial charge in [0.25, 0.3) is 0 Å². The summed E-state index contributed by atoms with van der Waals surface area (Å²) in [5, 5.41) is 12.7. The standard InChI is InChI=1S/C13H11FN4OS/c14-10-8-11(9-4-2-1-3-5-9)18-12(10)16-13(17-18)20(19)7-6-15/h1-5,10-11H,7-8H2/t10-,11-,20-/m0/s1. The number of halogens is 1. The summed E-state index contributed by atoms with van der Waals surface area (Å²) in [7, 11) is -1.60. The first kappa shape index (κ1) is 12.9. The van der Waals surface area contributed by atoms with E-state index in [2.05, 4.69) is 10.1 Å². The van der Waals surface area contributed by atoms with Crippen LogP contribution in [0.4, 0.5) is 4.39 Å². The van der Waals surface area contributed by atoms with E-state index in [-0.39, 0.29) is 29.2 Å². The van der Waals surface area contributed by atoms with Gasteiger partial charge in [-0.1, -0.05) is 30.3 Å². The van der Waals surface area contributed by atoms with E-state index in [1.807, 2.05) is 30.3 Å². The molecule has 3 atom stereocenters. The normalized spacial score (nSPS) is 22.2. The molecule has 0 bridgehead atoms. The van der Waals surface area contributed by atoms with Crippen molar-refractivity contribution in [2.75, 3.05) is 5.75 Å². The van der Waals surface area contributed by atoms with Crippen molar-refractivity contribution in [3.05, 3.63) is 41.7 Å². The zero-order chi connectivity index (χ0) is 14.1. The Hall–Kier alpha value is -2.07. The van der Waals surface area contributed by atoms with Gasteiger partial charge in [0.1, 0.15) is 16.6 Å². The Morgan fingerprint density at radius 1 is 1.45 bits per heavy atom. The average Bonchev–Trinajstić information content (AvgIpc) is 3.01. The predicted octanol–water partition coefficient (Wildman–Crippen LogP) is 1.91. The first-order valence-corrected chi connectivity index (χ1v) is 7.43. The third kappa shape index (κ3) is 2.12. The van der Waals surface area contributed by atoms with Crippen molar-refractivity contribution in [3.63, 3.8) is 0 Å². The van der Waals surface area contributed by atoms with Crippen LogP contribution >= 0.6 is 0 Å². The Bertz CT molecular complexity index is 694. The molecule has 0 saturated carbocycles. The summed E-state index contributed by atoms with van der Waals surface area (Å²) in [4.78, 5) is 3.99. The highest BCUT2D eigenvalue weighted by Crippen LogP contribution is 2.39. The van der Waals surface area contributed by atoms with E-state index < -0.39 is 17.0 Å².